The van der Waals surface area contributed by atoms with E-state index in [1.807, 2.05) is 30.3 Å². The van der Waals surface area contributed by atoms with Crippen molar-refractivity contribution in [1.29, 1.82) is 0 Å². The van der Waals surface area contributed by atoms with Gasteiger partial charge >= 0.3 is 0 Å². The van der Waals surface area contributed by atoms with Crippen LogP contribution in [-0.4, -0.2) is 10.7 Å². The Bertz CT molecular complexity index is 460. The van der Waals surface area contributed by atoms with Crippen molar-refractivity contribution in [1.82, 2.24) is 4.98 Å². The van der Waals surface area contributed by atoms with Crippen molar-refractivity contribution in [2.45, 2.75) is 10.7 Å². The van der Waals surface area contributed by atoms with E-state index in [4.69, 9.17) is 0 Å². The van der Waals surface area contributed by atoms with Gasteiger partial charge in [-0.15, -0.1) is 0 Å². The molecule has 1 nitrogen and oxygen atoms in total. The van der Waals surface area contributed by atoms with Crippen molar-refractivity contribution in [2.75, 3.05) is 0 Å². The van der Waals surface area contributed by atoms with Crippen LogP contribution in [0.3, 0.4) is 0 Å². The van der Waals surface area contributed by atoms with Gasteiger partial charge in [0.2, 0.25) is 0 Å². The number of benzene rings is 1. The van der Waals surface area contributed by atoms with Crippen LogP contribution in [0.4, 0.5) is 8.78 Å². The van der Waals surface area contributed by atoms with E-state index < -0.39 is 5.76 Å². The third-order valence-corrected chi connectivity index (χ3v) is 2.72. The van der Waals surface area contributed by atoms with Gasteiger partial charge in [0.25, 0.3) is 5.76 Å². The maximum absolute atomic E-state index is 12.2. The van der Waals surface area contributed by atoms with E-state index in [0.29, 0.717) is 16.7 Å². The fraction of sp³-hybridized carbons (Fsp3) is 0.0833. The van der Waals surface area contributed by atoms with Crippen LogP contribution in [0.5, 0.6) is 0 Å². The van der Waals surface area contributed by atoms with Crippen molar-refractivity contribution in [3.63, 3.8) is 0 Å². The second-order valence-electron chi connectivity index (χ2n) is 3.15. The number of hydrogen-bond acceptors (Lipinski definition) is 2. The van der Waals surface area contributed by atoms with Gasteiger partial charge in [-0.05, 0) is 11.6 Å². The topological polar surface area (TPSA) is 12.9 Å². The SMILES string of the molecule is FC(F)Sc1cncc(-c2ccccc2)c1. The molecule has 0 saturated heterocycles. The number of rotatable bonds is 3. The number of aromatic nitrogens is 1. The maximum Gasteiger partial charge on any atom is 0.288 e. The molecule has 0 aliphatic rings. The highest BCUT2D eigenvalue weighted by molar-refractivity contribution is 7.99. The van der Waals surface area contributed by atoms with Crippen LogP contribution < -0.4 is 0 Å². The van der Waals surface area contributed by atoms with Crippen LogP contribution in [0.15, 0.2) is 53.7 Å². The molecule has 1 heterocycles. The molecule has 1 aromatic heterocycles. The average molecular weight is 237 g/mol. The predicted octanol–water partition coefficient (Wildman–Crippen LogP) is 4.06. The predicted molar refractivity (Wildman–Crippen MR) is 61.5 cm³/mol. The summed E-state index contributed by atoms with van der Waals surface area (Å²) < 4.78 is 24.4. The fourth-order valence-corrected chi connectivity index (χ4v) is 1.90. The minimum absolute atomic E-state index is 0.483. The largest absolute Gasteiger partial charge is 0.288 e. The first kappa shape index (κ1) is 11.1. The van der Waals surface area contributed by atoms with Gasteiger partial charge in [0.1, 0.15) is 0 Å². The molecule has 0 aliphatic carbocycles. The Labute approximate surface area is 96.5 Å². The Kier molecular flexibility index (Phi) is 3.51. The molecule has 4 heteroatoms. The van der Waals surface area contributed by atoms with E-state index in [9.17, 15) is 8.78 Å². The zero-order chi connectivity index (χ0) is 11.4. The molecule has 0 spiro atoms. The van der Waals surface area contributed by atoms with Crippen molar-refractivity contribution >= 4 is 11.8 Å². The summed E-state index contributed by atoms with van der Waals surface area (Å²) in [4.78, 5) is 4.44. The second-order valence-corrected chi connectivity index (χ2v) is 4.22. The maximum atomic E-state index is 12.2. The van der Waals surface area contributed by atoms with E-state index in [-0.39, 0.29) is 0 Å². The quantitative estimate of drug-likeness (QED) is 0.746. The molecule has 2 aromatic rings. The van der Waals surface area contributed by atoms with Crippen LogP contribution in [-0.2, 0) is 0 Å². The van der Waals surface area contributed by atoms with Crippen LogP contribution >= 0.6 is 11.8 Å². The van der Waals surface area contributed by atoms with E-state index in [0.717, 1.165) is 11.1 Å². The van der Waals surface area contributed by atoms with Gasteiger partial charge in [-0.3, -0.25) is 4.98 Å². The highest BCUT2D eigenvalue weighted by Crippen LogP contribution is 2.28. The van der Waals surface area contributed by atoms with Gasteiger partial charge in [-0.1, -0.05) is 42.1 Å². The van der Waals surface area contributed by atoms with Crippen LogP contribution in [0.1, 0.15) is 0 Å². The smallest absolute Gasteiger partial charge is 0.263 e. The van der Waals surface area contributed by atoms with Gasteiger partial charge in [-0.25, -0.2) is 0 Å². The lowest BCUT2D eigenvalue weighted by Crippen LogP contribution is -1.85. The third kappa shape index (κ3) is 2.79. The fourth-order valence-electron chi connectivity index (χ4n) is 1.37. The monoisotopic (exact) mass is 237 g/mol. The zero-order valence-electron chi connectivity index (χ0n) is 8.31. The molecule has 82 valence electrons. The van der Waals surface area contributed by atoms with Crippen molar-refractivity contribution in [2.24, 2.45) is 0 Å². The molecule has 0 fully saturated rings. The summed E-state index contributed by atoms with van der Waals surface area (Å²) in [5.41, 5.74) is 1.83. The van der Waals surface area contributed by atoms with E-state index >= 15 is 0 Å². The zero-order valence-corrected chi connectivity index (χ0v) is 9.12. The number of nitrogens with zero attached hydrogens (tertiary/aromatic N) is 1. The molecule has 0 aliphatic heterocycles. The van der Waals surface area contributed by atoms with Gasteiger partial charge in [0, 0.05) is 22.9 Å². The molecular formula is C12H9F2NS. The molecule has 0 amide bonds. The Balaban J connectivity index is 2.29. The Morgan fingerprint density at radius 2 is 1.75 bits per heavy atom. The number of pyridine rings is 1. The molecule has 0 radical (unpaired) electrons. The summed E-state index contributed by atoms with van der Waals surface area (Å²) in [6.45, 7) is 0. The summed E-state index contributed by atoms with van der Waals surface area (Å²) in [6.07, 6.45) is 3.12. The standard InChI is InChI=1S/C12H9F2NS/c13-12(14)16-11-6-10(7-15-8-11)9-4-2-1-3-5-9/h1-8,12H. The van der Waals surface area contributed by atoms with Crippen molar-refractivity contribution in [3.05, 3.63) is 48.8 Å². The van der Waals surface area contributed by atoms with Gasteiger partial charge in [0.15, 0.2) is 0 Å². The molecule has 2 rings (SSSR count). The van der Waals surface area contributed by atoms with Gasteiger partial charge in [0.05, 0.1) is 0 Å². The molecule has 0 bridgehead atoms. The third-order valence-electron chi connectivity index (χ3n) is 2.05. The molecule has 16 heavy (non-hydrogen) atoms. The minimum atomic E-state index is -2.41. The summed E-state index contributed by atoms with van der Waals surface area (Å²) in [7, 11) is 0. The molecule has 0 saturated carbocycles. The number of hydrogen-bond donors (Lipinski definition) is 0. The lowest BCUT2D eigenvalue weighted by atomic mass is 10.1. The number of thioether (sulfide) groups is 1. The van der Waals surface area contributed by atoms with E-state index in [1.165, 1.54) is 6.20 Å². The van der Waals surface area contributed by atoms with E-state index in [2.05, 4.69) is 4.98 Å². The molecule has 0 unspecified atom stereocenters. The van der Waals surface area contributed by atoms with Crippen molar-refractivity contribution < 1.29 is 8.78 Å². The second kappa shape index (κ2) is 5.07. The first-order valence-corrected chi connectivity index (χ1v) is 5.59. The summed E-state index contributed by atoms with van der Waals surface area (Å²) in [5.74, 6) is -2.41. The highest BCUT2D eigenvalue weighted by Gasteiger charge is 2.06. The lowest BCUT2D eigenvalue weighted by molar-refractivity contribution is 0.252. The van der Waals surface area contributed by atoms with Crippen LogP contribution in [0.2, 0.25) is 0 Å². The molecule has 0 N–H and O–H groups in total. The van der Waals surface area contributed by atoms with Gasteiger partial charge in [-0.2, -0.15) is 8.78 Å². The average Bonchev–Trinajstić information content (AvgIpc) is 2.30. The Hall–Kier alpha value is -1.42. The summed E-state index contributed by atoms with van der Waals surface area (Å²) >= 11 is 0.511. The number of halogens is 2. The first-order valence-electron chi connectivity index (χ1n) is 4.71. The van der Waals surface area contributed by atoms with E-state index in [1.54, 1.807) is 12.3 Å². The van der Waals surface area contributed by atoms with Crippen LogP contribution in [0.25, 0.3) is 11.1 Å². The molecule has 0 atom stereocenters. The summed E-state index contributed by atoms with van der Waals surface area (Å²) in [5, 5.41) is 0. The first-order chi connectivity index (χ1) is 7.75. The molecular weight excluding hydrogens is 228 g/mol. The molecule has 1 aromatic carbocycles. The Morgan fingerprint density at radius 3 is 2.44 bits per heavy atom. The summed E-state index contributed by atoms with van der Waals surface area (Å²) in [6, 6.07) is 11.3. The minimum Gasteiger partial charge on any atom is -0.263 e. The number of alkyl halides is 2. The lowest BCUT2D eigenvalue weighted by Gasteiger charge is -2.03. The van der Waals surface area contributed by atoms with Gasteiger partial charge < -0.3 is 0 Å². The highest BCUT2D eigenvalue weighted by atomic mass is 32.2. The normalized spacial score (nSPS) is 10.7. The Morgan fingerprint density at radius 1 is 1.00 bits per heavy atom. The van der Waals surface area contributed by atoms with Crippen molar-refractivity contribution in [3.8, 4) is 11.1 Å². The van der Waals surface area contributed by atoms with Crippen LogP contribution in [0, 0.1) is 0 Å².